The van der Waals surface area contributed by atoms with E-state index in [4.69, 9.17) is 0 Å². The molecule has 2 nitrogen and oxygen atoms in total. The van der Waals surface area contributed by atoms with Crippen molar-refractivity contribution in [1.29, 1.82) is 0 Å². The summed E-state index contributed by atoms with van der Waals surface area (Å²) >= 11 is 3.40. The van der Waals surface area contributed by atoms with E-state index in [1.807, 2.05) is 17.9 Å². The third-order valence-corrected chi connectivity index (χ3v) is 2.12. The summed E-state index contributed by atoms with van der Waals surface area (Å²) in [5.74, 6) is 0.509. The molecule has 0 saturated heterocycles. The van der Waals surface area contributed by atoms with Crippen LogP contribution in [0.15, 0.2) is 5.10 Å². The number of hydrazone groups is 1. The van der Waals surface area contributed by atoms with Crippen molar-refractivity contribution in [1.82, 2.24) is 0 Å². The van der Waals surface area contributed by atoms with Gasteiger partial charge in [0.05, 0.1) is 17.5 Å². The van der Waals surface area contributed by atoms with Crippen LogP contribution in [0.2, 0.25) is 0 Å². The van der Waals surface area contributed by atoms with E-state index >= 15 is 0 Å². The average molecular weight is 190 g/mol. The number of nitrogens with zero attached hydrogens (tertiary/aromatic N) is 2. The predicted molar refractivity (Wildman–Crippen MR) is 42.6 cm³/mol. The molecular formula is C6H10BrN2+. The molecule has 0 aliphatic carbocycles. The van der Waals surface area contributed by atoms with E-state index in [1.165, 1.54) is 5.71 Å². The Labute approximate surface area is 63.4 Å². The van der Waals surface area contributed by atoms with E-state index in [1.54, 1.807) is 0 Å². The molecule has 1 heterocycles. The SMILES string of the molecule is CC1C=N[N+](C)=C1CBr. The molecule has 0 N–H and O–H groups in total. The van der Waals surface area contributed by atoms with Crippen LogP contribution < -0.4 is 0 Å². The van der Waals surface area contributed by atoms with Gasteiger partial charge in [0.2, 0.25) is 5.71 Å². The molecule has 0 aromatic heterocycles. The summed E-state index contributed by atoms with van der Waals surface area (Å²) in [5, 5.41) is 5.03. The van der Waals surface area contributed by atoms with Crippen molar-refractivity contribution < 1.29 is 4.68 Å². The van der Waals surface area contributed by atoms with Gasteiger partial charge in [-0.25, -0.2) is 0 Å². The molecule has 0 fully saturated rings. The van der Waals surface area contributed by atoms with Gasteiger partial charge in [-0.2, -0.15) is 0 Å². The Kier molecular flexibility index (Phi) is 2.01. The molecule has 0 bridgehead atoms. The van der Waals surface area contributed by atoms with Crippen LogP contribution in [0.4, 0.5) is 0 Å². The Morgan fingerprint density at radius 1 is 1.89 bits per heavy atom. The topological polar surface area (TPSA) is 15.4 Å². The van der Waals surface area contributed by atoms with Crippen molar-refractivity contribution in [3.05, 3.63) is 0 Å². The van der Waals surface area contributed by atoms with Crippen molar-refractivity contribution in [3.8, 4) is 0 Å². The van der Waals surface area contributed by atoms with Crippen LogP contribution in [0.5, 0.6) is 0 Å². The Morgan fingerprint density at radius 2 is 2.56 bits per heavy atom. The van der Waals surface area contributed by atoms with Crippen LogP contribution in [0.25, 0.3) is 0 Å². The molecule has 0 aromatic carbocycles. The number of hydrogen-bond donors (Lipinski definition) is 0. The molecule has 1 aliphatic rings. The zero-order valence-corrected chi connectivity index (χ0v) is 7.22. The summed E-state index contributed by atoms with van der Waals surface area (Å²) < 4.78 is 1.92. The molecule has 9 heavy (non-hydrogen) atoms. The van der Waals surface area contributed by atoms with E-state index in [2.05, 4.69) is 28.0 Å². The molecular weight excluding hydrogens is 180 g/mol. The van der Waals surface area contributed by atoms with Gasteiger partial charge in [0, 0.05) is 0 Å². The summed E-state index contributed by atoms with van der Waals surface area (Å²) in [6, 6.07) is 0. The zero-order chi connectivity index (χ0) is 6.85. The molecule has 0 radical (unpaired) electrons. The van der Waals surface area contributed by atoms with Crippen LogP contribution in [0.1, 0.15) is 6.92 Å². The van der Waals surface area contributed by atoms with Gasteiger partial charge in [-0.15, -0.1) is 0 Å². The van der Waals surface area contributed by atoms with Gasteiger partial charge in [0.15, 0.2) is 7.05 Å². The standard InChI is InChI=1S/C6H10BrN2/c1-5-4-8-9(2)6(5)3-7/h4-5H,3H2,1-2H3/q+1. The molecule has 1 rings (SSSR count). The molecule has 3 heteroatoms. The summed E-state index contributed by atoms with van der Waals surface area (Å²) in [6.45, 7) is 2.14. The Balaban J connectivity index is 2.79. The molecule has 1 unspecified atom stereocenters. The summed E-state index contributed by atoms with van der Waals surface area (Å²) in [5.41, 5.74) is 1.33. The smallest absolute Gasteiger partial charge is 0.0940 e. The second-order valence-corrected chi connectivity index (χ2v) is 2.76. The van der Waals surface area contributed by atoms with Crippen LogP contribution in [0.3, 0.4) is 0 Å². The Bertz CT molecular complexity index is 172. The highest BCUT2D eigenvalue weighted by Crippen LogP contribution is 2.04. The molecule has 1 atom stereocenters. The molecule has 50 valence electrons. The van der Waals surface area contributed by atoms with Gasteiger partial charge < -0.3 is 0 Å². The lowest BCUT2D eigenvalue weighted by atomic mass is 10.1. The first-order chi connectivity index (χ1) is 4.25. The van der Waals surface area contributed by atoms with Crippen molar-refractivity contribution in [3.63, 3.8) is 0 Å². The van der Waals surface area contributed by atoms with Crippen LogP contribution >= 0.6 is 15.9 Å². The minimum Gasteiger partial charge on any atom is -0.0940 e. The second kappa shape index (κ2) is 2.60. The minimum absolute atomic E-state index is 0.509. The predicted octanol–water partition coefficient (Wildman–Crippen LogP) is 1.10. The van der Waals surface area contributed by atoms with Gasteiger partial charge in [-0.3, -0.25) is 0 Å². The van der Waals surface area contributed by atoms with Gasteiger partial charge >= 0.3 is 0 Å². The van der Waals surface area contributed by atoms with E-state index in [-0.39, 0.29) is 0 Å². The molecule has 0 saturated carbocycles. The molecule has 1 aliphatic heterocycles. The quantitative estimate of drug-likeness (QED) is 0.434. The van der Waals surface area contributed by atoms with E-state index in [0.717, 1.165) is 5.33 Å². The number of alkyl halides is 1. The fourth-order valence-electron chi connectivity index (χ4n) is 0.863. The van der Waals surface area contributed by atoms with Gasteiger partial charge in [0.25, 0.3) is 0 Å². The summed E-state index contributed by atoms with van der Waals surface area (Å²) in [7, 11) is 1.97. The van der Waals surface area contributed by atoms with Crippen molar-refractivity contribution >= 4 is 27.9 Å². The van der Waals surface area contributed by atoms with E-state index in [9.17, 15) is 0 Å². The fraction of sp³-hybridized carbons (Fsp3) is 0.667. The van der Waals surface area contributed by atoms with Gasteiger partial charge in [-0.1, -0.05) is 20.6 Å². The first-order valence-corrected chi connectivity index (χ1v) is 4.07. The first kappa shape index (κ1) is 6.93. The van der Waals surface area contributed by atoms with Crippen LogP contribution in [-0.2, 0) is 0 Å². The molecule has 0 spiro atoms. The average Bonchev–Trinajstić information content (AvgIpc) is 2.12. The number of rotatable bonds is 1. The van der Waals surface area contributed by atoms with E-state index < -0.39 is 0 Å². The summed E-state index contributed by atoms with van der Waals surface area (Å²) in [4.78, 5) is 0. The van der Waals surface area contributed by atoms with Gasteiger partial charge in [0.1, 0.15) is 0 Å². The minimum atomic E-state index is 0.509. The number of hydrogen-bond acceptors (Lipinski definition) is 1. The maximum absolute atomic E-state index is 4.11. The Morgan fingerprint density at radius 3 is 2.78 bits per heavy atom. The largest absolute Gasteiger partial charge is 0.203 e. The fourth-order valence-corrected chi connectivity index (χ4v) is 1.74. The third kappa shape index (κ3) is 1.21. The molecule has 0 amide bonds. The maximum atomic E-state index is 4.11. The van der Waals surface area contributed by atoms with Crippen molar-refractivity contribution in [2.45, 2.75) is 6.92 Å². The first-order valence-electron chi connectivity index (χ1n) is 2.95. The lowest BCUT2D eigenvalue weighted by molar-refractivity contribution is -0.499. The van der Waals surface area contributed by atoms with Crippen LogP contribution in [0, 0.1) is 5.92 Å². The zero-order valence-electron chi connectivity index (χ0n) is 5.63. The monoisotopic (exact) mass is 189 g/mol. The maximum Gasteiger partial charge on any atom is 0.203 e. The third-order valence-electron chi connectivity index (χ3n) is 1.54. The van der Waals surface area contributed by atoms with Gasteiger partial charge in [-0.05, 0) is 12.0 Å². The highest BCUT2D eigenvalue weighted by molar-refractivity contribution is 9.09. The van der Waals surface area contributed by atoms with Crippen LogP contribution in [-0.4, -0.2) is 29.0 Å². The number of halogens is 1. The molecule has 0 aromatic rings. The summed E-state index contributed by atoms with van der Waals surface area (Å²) in [6.07, 6.45) is 1.95. The second-order valence-electron chi connectivity index (χ2n) is 2.20. The van der Waals surface area contributed by atoms with Crippen molar-refractivity contribution in [2.24, 2.45) is 11.0 Å². The van der Waals surface area contributed by atoms with E-state index in [0.29, 0.717) is 5.92 Å². The highest BCUT2D eigenvalue weighted by Gasteiger charge is 2.22. The Hall–Kier alpha value is -0.180. The lowest BCUT2D eigenvalue weighted by Crippen LogP contribution is -2.16. The highest BCUT2D eigenvalue weighted by atomic mass is 79.9. The normalized spacial score (nSPS) is 25.9. The lowest BCUT2D eigenvalue weighted by Gasteiger charge is -1.92. The van der Waals surface area contributed by atoms with Crippen molar-refractivity contribution in [2.75, 3.05) is 12.4 Å².